The van der Waals surface area contributed by atoms with E-state index < -0.39 is 0 Å². The number of ether oxygens (including phenoxy) is 1. The first-order valence-electron chi connectivity index (χ1n) is 6.48. The predicted molar refractivity (Wildman–Crippen MR) is 79.9 cm³/mol. The molecule has 0 amide bonds. The van der Waals surface area contributed by atoms with Crippen LogP contribution < -0.4 is 10.1 Å². The second-order valence-electron chi connectivity index (χ2n) is 4.41. The monoisotopic (exact) mass is 293 g/mol. The summed E-state index contributed by atoms with van der Waals surface area (Å²) in [5, 5.41) is 3.95. The Morgan fingerprint density at radius 2 is 1.90 bits per heavy atom. The fourth-order valence-electron chi connectivity index (χ4n) is 2.18. The summed E-state index contributed by atoms with van der Waals surface area (Å²) >= 11 is 5.90. The fraction of sp³-hybridized carbons (Fsp3) is 0.250. The molecule has 0 saturated carbocycles. The summed E-state index contributed by atoms with van der Waals surface area (Å²) in [6, 6.07) is 12.3. The molecule has 0 fully saturated rings. The lowest BCUT2D eigenvalue weighted by Gasteiger charge is -2.20. The number of benzene rings is 2. The van der Waals surface area contributed by atoms with E-state index in [-0.39, 0.29) is 17.6 Å². The summed E-state index contributed by atoms with van der Waals surface area (Å²) in [5.41, 5.74) is 1.52. The molecule has 0 heterocycles. The van der Waals surface area contributed by atoms with Crippen molar-refractivity contribution in [1.29, 1.82) is 0 Å². The van der Waals surface area contributed by atoms with Gasteiger partial charge in [0, 0.05) is 10.6 Å². The topological polar surface area (TPSA) is 21.3 Å². The predicted octanol–water partition coefficient (Wildman–Crippen LogP) is 4.19. The van der Waals surface area contributed by atoms with E-state index in [2.05, 4.69) is 5.32 Å². The molecular weight excluding hydrogens is 277 g/mol. The Morgan fingerprint density at radius 1 is 1.20 bits per heavy atom. The number of methoxy groups -OCH3 is 1. The van der Waals surface area contributed by atoms with Gasteiger partial charge in [0.25, 0.3) is 0 Å². The molecular formula is C16H17ClFNO. The third-order valence-electron chi connectivity index (χ3n) is 3.14. The molecule has 0 bridgehead atoms. The molecule has 0 aromatic heterocycles. The zero-order valence-electron chi connectivity index (χ0n) is 11.5. The van der Waals surface area contributed by atoms with Crippen LogP contribution in [-0.2, 0) is 0 Å². The highest BCUT2D eigenvalue weighted by Crippen LogP contribution is 2.29. The van der Waals surface area contributed by atoms with Crippen molar-refractivity contribution < 1.29 is 9.13 Å². The van der Waals surface area contributed by atoms with Crippen LogP contribution in [0.4, 0.5) is 4.39 Å². The minimum absolute atomic E-state index is 0.229. The molecule has 20 heavy (non-hydrogen) atoms. The Bertz CT molecular complexity index is 571. The number of nitrogens with one attached hydrogen (secondary N) is 1. The summed E-state index contributed by atoms with van der Waals surface area (Å²) in [4.78, 5) is 0. The second-order valence-corrected chi connectivity index (χ2v) is 4.84. The molecule has 2 aromatic carbocycles. The van der Waals surface area contributed by atoms with Crippen molar-refractivity contribution in [3.8, 4) is 5.75 Å². The molecule has 4 heteroatoms. The Kier molecular flexibility index (Phi) is 4.99. The fourth-order valence-corrected chi connectivity index (χ4v) is 2.30. The van der Waals surface area contributed by atoms with E-state index in [0.717, 1.165) is 12.1 Å². The molecule has 0 aliphatic heterocycles. The van der Waals surface area contributed by atoms with Crippen molar-refractivity contribution in [3.05, 3.63) is 64.4 Å². The summed E-state index contributed by atoms with van der Waals surface area (Å²) in [6.45, 7) is 2.71. The van der Waals surface area contributed by atoms with E-state index >= 15 is 0 Å². The van der Waals surface area contributed by atoms with Crippen LogP contribution in [0.25, 0.3) is 0 Å². The standard InChI is InChI=1S/C16H17ClFNO/c1-3-19-16(11-7-9-12(17)10-8-11)13-5-4-6-14(20-2)15(13)18/h4-10,16,19H,3H2,1-2H3. The second kappa shape index (κ2) is 6.73. The molecule has 0 spiro atoms. The molecule has 2 aromatic rings. The molecule has 0 saturated heterocycles. The largest absolute Gasteiger partial charge is 0.494 e. The SMILES string of the molecule is CCNC(c1ccc(Cl)cc1)c1cccc(OC)c1F. The lowest BCUT2D eigenvalue weighted by molar-refractivity contribution is 0.382. The minimum Gasteiger partial charge on any atom is -0.494 e. The van der Waals surface area contributed by atoms with Gasteiger partial charge >= 0.3 is 0 Å². The van der Waals surface area contributed by atoms with Gasteiger partial charge in [-0.1, -0.05) is 42.8 Å². The summed E-state index contributed by atoms with van der Waals surface area (Å²) in [6.07, 6.45) is 0. The number of halogens is 2. The molecule has 0 aliphatic rings. The van der Waals surface area contributed by atoms with Crippen LogP contribution in [0.3, 0.4) is 0 Å². The van der Waals surface area contributed by atoms with Crippen molar-refractivity contribution in [2.24, 2.45) is 0 Å². The van der Waals surface area contributed by atoms with Gasteiger partial charge in [0.2, 0.25) is 0 Å². The molecule has 0 aliphatic carbocycles. The van der Waals surface area contributed by atoms with E-state index in [1.165, 1.54) is 7.11 Å². The molecule has 106 valence electrons. The van der Waals surface area contributed by atoms with E-state index in [1.54, 1.807) is 30.3 Å². The first-order valence-corrected chi connectivity index (χ1v) is 6.86. The van der Waals surface area contributed by atoms with Crippen LogP contribution in [-0.4, -0.2) is 13.7 Å². The Labute approximate surface area is 123 Å². The summed E-state index contributed by atoms with van der Waals surface area (Å²) < 4.78 is 19.5. The zero-order valence-corrected chi connectivity index (χ0v) is 12.2. The minimum atomic E-state index is -0.337. The van der Waals surface area contributed by atoms with Gasteiger partial charge in [-0.3, -0.25) is 0 Å². The highest BCUT2D eigenvalue weighted by atomic mass is 35.5. The van der Waals surface area contributed by atoms with Crippen LogP contribution in [0.2, 0.25) is 5.02 Å². The zero-order chi connectivity index (χ0) is 14.5. The average molecular weight is 294 g/mol. The van der Waals surface area contributed by atoms with Crippen molar-refractivity contribution in [1.82, 2.24) is 5.32 Å². The maximum absolute atomic E-state index is 14.4. The quantitative estimate of drug-likeness (QED) is 0.892. The van der Waals surface area contributed by atoms with Crippen LogP contribution in [0, 0.1) is 5.82 Å². The Balaban J connectivity index is 2.45. The average Bonchev–Trinajstić information content (AvgIpc) is 2.47. The molecule has 1 atom stereocenters. The van der Waals surface area contributed by atoms with Crippen LogP contribution in [0.1, 0.15) is 24.1 Å². The number of hydrogen-bond donors (Lipinski definition) is 1. The molecule has 1 unspecified atom stereocenters. The van der Waals surface area contributed by atoms with Gasteiger partial charge in [0.15, 0.2) is 11.6 Å². The number of hydrogen-bond acceptors (Lipinski definition) is 2. The third-order valence-corrected chi connectivity index (χ3v) is 3.39. The van der Waals surface area contributed by atoms with Gasteiger partial charge in [-0.2, -0.15) is 0 Å². The molecule has 2 nitrogen and oxygen atoms in total. The van der Waals surface area contributed by atoms with Gasteiger partial charge in [0.1, 0.15) is 0 Å². The molecule has 2 rings (SSSR count). The highest BCUT2D eigenvalue weighted by molar-refractivity contribution is 6.30. The van der Waals surface area contributed by atoms with E-state index in [1.807, 2.05) is 19.1 Å². The molecule has 0 radical (unpaired) electrons. The first-order chi connectivity index (χ1) is 9.67. The van der Waals surface area contributed by atoms with E-state index in [9.17, 15) is 4.39 Å². The number of rotatable bonds is 5. The maximum atomic E-state index is 14.4. The van der Waals surface area contributed by atoms with Gasteiger partial charge in [-0.15, -0.1) is 0 Å². The normalized spacial score (nSPS) is 12.2. The highest BCUT2D eigenvalue weighted by Gasteiger charge is 2.19. The van der Waals surface area contributed by atoms with Crippen molar-refractivity contribution in [2.75, 3.05) is 13.7 Å². The van der Waals surface area contributed by atoms with Gasteiger partial charge in [0.05, 0.1) is 13.2 Å². The van der Waals surface area contributed by atoms with Crippen LogP contribution >= 0.6 is 11.6 Å². The maximum Gasteiger partial charge on any atom is 0.170 e. The van der Waals surface area contributed by atoms with Gasteiger partial charge < -0.3 is 10.1 Å². The van der Waals surface area contributed by atoms with Gasteiger partial charge in [-0.25, -0.2) is 4.39 Å². The first kappa shape index (κ1) is 14.8. The van der Waals surface area contributed by atoms with Gasteiger partial charge in [-0.05, 0) is 30.3 Å². The lowest BCUT2D eigenvalue weighted by Crippen LogP contribution is -2.23. The lowest BCUT2D eigenvalue weighted by atomic mass is 9.98. The van der Waals surface area contributed by atoms with Crippen molar-refractivity contribution >= 4 is 11.6 Å². The summed E-state index contributed by atoms with van der Waals surface area (Å²) in [5.74, 6) is -0.0877. The Morgan fingerprint density at radius 3 is 2.50 bits per heavy atom. The van der Waals surface area contributed by atoms with Crippen LogP contribution in [0.5, 0.6) is 5.75 Å². The van der Waals surface area contributed by atoms with E-state index in [4.69, 9.17) is 16.3 Å². The Hall–Kier alpha value is -1.58. The van der Waals surface area contributed by atoms with Crippen molar-refractivity contribution in [3.63, 3.8) is 0 Å². The van der Waals surface area contributed by atoms with E-state index in [0.29, 0.717) is 10.6 Å². The summed E-state index contributed by atoms with van der Waals surface area (Å²) in [7, 11) is 1.47. The smallest absolute Gasteiger partial charge is 0.170 e. The van der Waals surface area contributed by atoms with Crippen molar-refractivity contribution in [2.45, 2.75) is 13.0 Å². The molecule has 1 N–H and O–H groups in total. The third kappa shape index (κ3) is 3.11. The van der Waals surface area contributed by atoms with Crippen LogP contribution in [0.15, 0.2) is 42.5 Å².